The highest BCUT2D eigenvalue weighted by Crippen LogP contribution is 2.28. The fraction of sp³-hybridized carbons (Fsp3) is 0.0800. The van der Waals surface area contributed by atoms with Gasteiger partial charge in [0.05, 0.1) is 12.0 Å². The number of phenolic OH excluding ortho intramolecular Hbond substituents is 1. The highest BCUT2D eigenvalue weighted by molar-refractivity contribution is 9.10. The average Bonchev–Trinajstić information content (AvgIpc) is 3.30. The maximum absolute atomic E-state index is 12.4. The van der Waals surface area contributed by atoms with Gasteiger partial charge in [-0.25, -0.2) is 5.43 Å². The van der Waals surface area contributed by atoms with E-state index >= 15 is 0 Å². The Morgan fingerprint density at radius 1 is 1.17 bits per heavy atom. The number of nitrogens with one attached hydrogen (secondary N) is 1. The summed E-state index contributed by atoms with van der Waals surface area (Å²) in [7, 11) is 0. The molecular formula is C25H21BrN6O2S. The third-order valence-electron chi connectivity index (χ3n) is 4.88. The molecule has 0 saturated heterocycles. The van der Waals surface area contributed by atoms with Gasteiger partial charge in [0.1, 0.15) is 5.75 Å². The third kappa shape index (κ3) is 6.03. The number of nitrogens with zero attached hydrogens (tertiary/aromatic N) is 5. The maximum atomic E-state index is 12.4. The minimum Gasteiger partial charge on any atom is -0.507 e. The highest BCUT2D eigenvalue weighted by atomic mass is 79.9. The van der Waals surface area contributed by atoms with E-state index in [1.807, 2.05) is 53.1 Å². The average molecular weight is 549 g/mol. The number of aromatic nitrogens is 4. The summed E-state index contributed by atoms with van der Waals surface area (Å²) in [6.07, 6.45) is 7.07. The monoisotopic (exact) mass is 548 g/mol. The number of halogens is 1. The number of para-hydroxylation sites is 1. The van der Waals surface area contributed by atoms with Crippen LogP contribution >= 0.6 is 27.7 Å². The molecule has 0 fully saturated rings. The van der Waals surface area contributed by atoms with Gasteiger partial charge in [0.2, 0.25) is 0 Å². The number of carbonyl (C=O) groups is 1. The van der Waals surface area contributed by atoms with Crippen LogP contribution in [0.25, 0.3) is 17.1 Å². The first-order valence-electron chi connectivity index (χ1n) is 10.5. The van der Waals surface area contributed by atoms with Crippen LogP contribution in [0.1, 0.15) is 11.1 Å². The lowest BCUT2D eigenvalue weighted by Crippen LogP contribution is -2.20. The van der Waals surface area contributed by atoms with Crippen LogP contribution in [0.15, 0.2) is 94.4 Å². The van der Waals surface area contributed by atoms with Crippen LogP contribution in [0.2, 0.25) is 0 Å². The smallest absolute Gasteiger partial charge is 0.250 e. The van der Waals surface area contributed by atoms with E-state index in [0.29, 0.717) is 23.0 Å². The van der Waals surface area contributed by atoms with Crippen LogP contribution < -0.4 is 5.43 Å². The predicted octanol–water partition coefficient (Wildman–Crippen LogP) is 4.77. The summed E-state index contributed by atoms with van der Waals surface area (Å²) in [5, 5.41) is 23.5. The lowest BCUT2D eigenvalue weighted by atomic mass is 10.1. The highest BCUT2D eigenvalue weighted by Gasteiger charge is 2.17. The zero-order valence-electron chi connectivity index (χ0n) is 18.5. The van der Waals surface area contributed by atoms with Gasteiger partial charge < -0.3 is 5.11 Å². The Kier molecular flexibility index (Phi) is 8.07. The van der Waals surface area contributed by atoms with E-state index in [1.165, 1.54) is 18.0 Å². The zero-order chi connectivity index (χ0) is 24.6. The summed E-state index contributed by atoms with van der Waals surface area (Å²) in [5.74, 6) is 0.490. The van der Waals surface area contributed by atoms with Crippen molar-refractivity contribution < 1.29 is 9.90 Å². The molecule has 10 heteroatoms. The largest absolute Gasteiger partial charge is 0.507 e. The molecule has 0 bridgehead atoms. The van der Waals surface area contributed by atoms with Crippen molar-refractivity contribution >= 4 is 39.8 Å². The topological polar surface area (TPSA) is 105 Å². The van der Waals surface area contributed by atoms with Crippen LogP contribution in [0.5, 0.6) is 5.75 Å². The first kappa shape index (κ1) is 24.4. The molecule has 0 saturated carbocycles. The van der Waals surface area contributed by atoms with Crippen LogP contribution in [-0.2, 0) is 11.2 Å². The lowest BCUT2D eigenvalue weighted by molar-refractivity contribution is -0.118. The number of rotatable bonds is 9. The molecule has 0 aliphatic carbocycles. The van der Waals surface area contributed by atoms with Gasteiger partial charge in [-0.2, -0.15) is 5.10 Å². The fourth-order valence-electron chi connectivity index (χ4n) is 3.24. The van der Waals surface area contributed by atoms with Gasteiger partial charge in [-0.15, -0.1) is 16.8 Å². The summed E-state index contributed by atoms with van der Waals surface area (Å²) < 4.78 is 2.83. The Hall–Kier alpha value is -3.76. The van der Waals surface area contributed by atoms with Crippen LogP contribution in [0.4, 0.5) is 0 Å². The number of hydrogen-bond acceptors (Lipinski definition) is 7. The maximum Gasteiger partial charge on any atom is 0.250 e. The van der Waals surface area contributed by atoms with Gasteiger partial charge in [0.25, 0.3) is 5.91 Å². The van der Waals surface area contributed by atoms with Crippen molar-refractivity contribution in [3.05, 3.63) is 95.2 Å². The van der Waals surface area contributed by atoms with Crippen molar-refractivity contribution in [3.63, 3.8) is 0 Å². The SMILES string of the molecule is C=CCc1cccc(/C=N/NC(=O)CSc2nnc(-c3cccnc3)n2-c2ccc(Br)cc2)c1O. The molecule has 4 aromatic rings. The predicted molar refractivity (Wildman–Crippen MR) is 141 cm³/mol. The number of thioether (sulfide) groups is 1. The van der Waals surface area contributed by atoms with E-state index in [9.17, 15) is 9.90 Å². The van der Waals surface area contributed by atoms with Crippen molar-refractivity contribution in [2.75, 3.05) is 5.75 Å². The second-order valence-electron chi connectivity index (χ2n) is 7.29. The molecule has 0 aliphatic rings. The summed E-state index contributed by atoms with van der Waals surface area (Å²) in [5.41, 5.74) is 5.40. The van der Waals surface area contributed by atoms with Crippen molar-refractivity contribution in [2.45, 2.75) is 11.6 Å². The molecule has 2 aromatic heterocycles. The number of amides is 1. The molecule has 8 nitrogen and oxygen atoms in total. The van der Waals surface area contributed by atoms with Crippen LogP contribution in [0, 0.1) is 0 Å². The van der Waals surface area contributed by atoms with Gasteiger partial charge in [-0.3, -0.25) is 14.3 Å². The van der Waals surface area contributed by atoms with E-state index in [1.54, 1.807) is 24.5 Å². The van der Waals surface area contributed by atoms with E-state index in [2.05, 4.69) is 48.2 Å². The van der Waals surface area contributed by atoms with Gasteiger partial charge in [0.15, 0.2) is 11.0 Å². The number of aromatic hydroxyl groups is 1. The number of allylic oxidation sites excluding steroid dienone is 1. The minimum atomic E-state index is -0.318. The molecule has 35 heavy (non-hydrogen) atoms. The number of phenols is 1. The van der Waals surface area contributed by atoms with E-state index < -0.39 is 0 Å². The molecule has 0 radical (unpaired) electrons. The normalized spacial score (nSPS) is 11.0. The van der Waals surface area contributed by atoms with Crippen molar-refractivity contribution in [1.82, 2.24) is 25.2 Å². The molecule has 0 aliphatic heterocycles. The Bertz CT molecular complexity index is 1360. The first-order chi connectivity index (χ1) is 17.1. The molecule has 2 aromatic carbocycles. The Morgan fingerprint density at radius 3 is 2.74 bits per heavy atom. The van der Waals surface area contributed by atoms with Gasteiger partial charge in [0, 0.05) is 33.7 Å². The number of hydrogen-bond donors (Lipinski definition) is 2. The Labute approximate surface area is 215 Å². The summed E-state index contributed by atoms with van der Waals surface area (Å²) in [6.45, 7) is 3.68. The van der Waals surface area contributed by atoms with E-state index in [0.717, 1.165) is 21.3 Å². The molecule has 2 N–H and O–H groups in total. The third-order valence-corrected chi connectivity index (χ3v) is 6.34. The fourth-order valence-corrected chi connectivity index (χ4v) is 4.25. The van der Waals surface area contributed by atoms with Crippen LogP contribution in [-0.4, -0.2) is 42.7 Å². The van der Waals surface area contributed by atoms with Gasteiger partial charge in [-0.05, 0) is 54.4 Å². The molecule has 0 spiro atoms. The Morgan fingerprint density at radius 2 is 2.00 bits per heavy atom. The minimum absolute atomic E-state index is 0.0710. The molecule has 176 valence electrons. The number of benzene rings is 2. The molecule has 4 rings (SSSR count). The standard InChI is InChI=1S/C25H21BrN6O2S/c1-2-5-17-6-3-7-18(23(17)34)15-28-29-22(33)16-35-25-31-30-24(19-8-4-13-27-14-19)32(25)21-11-9-20(26)10-12-21/h2-4,6-15,34H,1,5,16H2,(H,29,33)/b28-15+. The zero-order valence-corrected chi connectivity index (χ0v) is 20.9. The summed E-state index contributed by atoms with van der Waals surface area (Å²) >= 11 is 4.69. The van der Waals surface area contributed by atoms with Crippen molar-refractivity contribution in [3.8, 4) is 22.8 Å². The van der Waals surface area contributed by atoms with Crippen molar-refractivity contribution in [2.24, 2.45) is 5.10 Å². The summed E-state index contributed by atoms with van der Waals surface area (Å²) in [6, 6.07) is 16.8. The number of pyridine rings is 1. The molecule has 0 atom stereocenters. The molecule has 2 heterocycles. The first-order valence-corrected chi connectivity index (χ1v) is 12.3. The second-order valence-corrected chi connectivity index (χ2v) is 9.15. The quantitative estimate of drug-likeness (QED) is 0.135. The lowest BCUT2D eigenvalue weighted by Gasteiger charge is -2.10. The summed E-state index contributed by atoms with van der Waals surface area (Å²) in [4.78, 5) is 16.6. The molecule has 1 amide bonds. The van der Waals surface area contributed by atoms with Gasteiger partial charge >= 0.3 is 0 Å². The van der Waals surface area contributed by atoms with Crippen molar-refractivity contribution in [1.29, 1.82) is 0 Å². The number of carbonyl (C=O) groups excluding carboxylic acids is 1. The molecule has 0 unspecified atom stereocenters. The van der Waals surface area contributed by atoms with E-state index in [-0.39, 0.29) is 17.4 Å². The van der Waals surface area contributed by atoms with Gasteiger partial charge in [-0.1, -0.05) is 45.9 Å². The van der Waals surface area contributed by atoms with Crippen LogP contribution in [0.3, 0.4) is 0 Å². The number of hydrazone groups is 1. The second kappa shape index (κ2) is 11.6. The van der Waals surface area contributed by atoms with E-state index in [4.69, 9.17) is 0 Å². The Balaban J connectivity index is 1.48. The molecular weight excluding hydrogens is 528 g/mol.